The summed E-state index contributed by atoms with van der Waals surface area (Å²) < 4.78 is 7.59. The highest BCUT2D eigenvalue weighted by molar-refractivity contribution is 6.31. The predicted octanol–water partition coefficient (Wildman–Crippen LogP) is 4.43. The van der Waals surface area contributed by atoms with Gasteiger partial charge in [-0.05, 0) is 49.1 Å². The zero-order valence-electron chi connectivity index (χ0n) is 14.4. The number of aromatic nitrogens is 4. The van der Waals surface area contributed by atoms with Crippen LogP contribution in [0.1, 0.15) is 19.8 Å². The molecule has 6 nitrogen and oxygen atoms in total. The Kier molecular flexibility index (Phi) is 3.60. The molecule has 0 spiro atoms. The van der Waals surface area contributed by atoms with Gasteiger partial charge in [0.2, 0.25) is 11.8 Å². The molecule has 4 heterocycles. The van der Waals surface area contributed by atoms with Gasteiger partial charge < -0.3 is 9.32 Å². The van der Waals surface area contributed by atoms with Gasteiger partial charge in [-0.1, -0.05) is 18.5 Å². The lowest BCUT2D eigenvalue weighted by Gasteiger charge is -2.31. The topological polar surface area (TPSA) is 59.5 Å². The molecule has 0 bridgehead atoms. The quantitative estimate of drug-likeness (QED) is 0.524. The molecule has 0 atom stereocenters. The van der Waals surface area contributed by atoms with E-state index in [-0.39, 0.29) is 0 Å². The van der Waals surface area contributed by atoms with Crippen LogP contribution in [0.4, 0.5) is 5.95 Å². The van der Waals surface area contributed by atoms with Gasteiger partial charge in [0.15, 0.2) is 11.4 Å². The minimum atomic E-state index is 0.665. The summed E-state index contributed by atoms with van der Waals surface area (Å²) in [5, 5.41) is 10.4. The van der Waals surface area contributed by atoms with E-state index in [0.717, 1.165) is 54.3 Å². The molecule has 0 aliphatic carbocycles. The molecule has 0 radical (unpaired) electrons. The lowest BCUT2D eigenvalue weighted by molar-refractivity contribution is 0.434. The third-order valence-corrected chi connectivity index (χ3v) is 5.33. The van der Waals surface area contributed by atoms with Crippen molar-refractivity contribution in [2.75, 3.05) is 18.0 Å². The molecule has 0 amide bonds. The molecule has 26 heavy (non-hydrogen) atoms. The average Bonchev–Trinajstić information content (AvgIpc) is 3.31. The number of furan rings is 1. The lowest BCUT2D eigenvalue weighted by Crippen LogP contribution is -2.34. The second-order valence-electron chi connectivity index (χ2n) is 6.90. The van der Waals surface area contributed by atoms with E-state index in [1.165, 1.54) is 0 Å². The van der Waals surface area contributed by atoms with Crippen molar-refractivity contribution < 1.29 is 4.42 Å². The summed E-state index contributed by atoms with van der Waals surface area (Å²) in [5.41, 5.74) is 1.60. The fraction of sp³-hybridized carbons (Fsp3) is 0.316. The highest BCUT2D eigenvalue weighted by Gasteiger charge is 2.24. The minimum absolute atomic E-state index is 0.665. The van der Waals surface area contributed by atoms with E-state index in [1.54, 1.807) is 6.26 Å². The first-order chi connectivity index (χ1) is 12.7. The monoisotopic (exact) mass is 367 g/mol. The van der Waals surface area contributed by atoms with Gasteiger partial charge in [-0.15, -0.1) is 10.2 Å². The molecule has 0 unspecified atom stereocenters. The normalized spacial score (nSPS) is 16.0. The number of fused-ring (bicyclic) bond motifs is 3. The second kappa shape index (κ2) is 5.99. The largest absolute Gasteiger partial charge is 0.461 e. The average molecular weight is 368 g/mol. The third kappa shape index (κ3) is 2.44. The number of anilines is 1. The van der Waals surface area contributed by atoms with Crippen molar-refractivity contribution in [2.45, 2.75) is 19.8 Å². The molecule has 0 N–H and O–H groups in total. The molecule has 4 aromatic rings. The zero-order valence-corrected chi connectivity index (χ0v) is 15.1. The van der Waals surface area contributed by atoms with Gasteiger partial charge in [0.05, 0.1) is 11.8 Å². The predicted molar refractivity (Wildman–Crippen MR) is 102 cm³/mol. The van der Waals surface area contributed by atoms with Crippen LogP contribution < -0.4 is 4.90 Å². The molecule has 1 aliphatic heterocycles. The van der Waals surface area contributed by atoms with Gasteiger partial charge in [-0.25, -0.2) is 9.38 Å². The van der Waals surface area contributed by atoms with E-state index < -0.39 is 0 Å². The van der Waals surface area contributed by atoms with Crippen molar-refractivity contribution in [3.8, 4) is 11.6 Å². The van der Waals surface area contributed by atoms with Crippen LogP contribution in [0.25, 0.3) is 28.1 Å². The standard InChI is InChI=1S/C19H18ClN5O/c1-12-6-8-24(9-7-12)19-21-15-11-13(20)4-5-14(15)17-22-23-18(25(17)19)16-3-2-10-26-16/h2-5,10-12H,6-9H2,1H3. The first kappa shape index (κ1) is 15.6. The Hall–Kier alpha value is -2.60. The van der Waals surface area contributed by atoms with Crippen molar-refractivity contribution in [2.24, 2.45) is 5.92 Å². The summed E-state index contributed by atoms with van der Waals surface area (Å²) in [6, 6.07) is 9.43. The molecule has 132 valence electrons. The van der Waals surface area contributed by atoms with Crippen molar-refractivity contribution in [3.05, 3.63) is 41.6 Å². The smallest absolute Gasteiger partial charge is 0.213 e. The zero-order chi connectivity index (χ0) is 17.7. The van der Waals surface area contributed by atoms with Gasteiger partial charge in [-0.3, -0.25) is 0 Å². The first-order valence-electron chi connectivity index (χ1n) is 8.84. The van der Waals surface area contributed by atoms with Crippen LogP contribution >= 0.6 is 11.6 Å². The van der Waals surface area contributed by atoms with Gasteiger partial charge in [0.1, 0.15) is 0 Å². The molecular formula is C19H18ClN5O. The van der Waals surface area contributed by atoms with Crippen LogP contribution in [-0.4, -0.2) is 32.7 Å². The molecule has 1 aliphatic rings. The Morgan fingerprint density at radius 1 is 1.15 bits per heavy atom. The molecule has 7 heteroatoms. The fourth-order valence-corrected chi connectivity index (χ4v) is 3.74. The van der Waals surface area contributed by atoms with E-state index >= 15 is 0 Å². The van der Waals surface area contributed by atoms with Crippen molar-refractivity contribution in [1.29, 1.82) is 0 Å². The summed E-state index contributed by atoms with van der Waals surface area (Å²) >= 11 is 6.20. The maximum Gasteiger partial charge on any atom is 0.213 e. The van der Waals surface area contributed by atoms with E-state index in [4.69, 9.17) is 21.0 Å². The Morgan fingerprint density at radius 2 is 2.00 bits per heavy atom. The highest BCUT2D eigenvalue weighted by atomic mass is 35.5. The van der Waals surface area contributed by atoms with E-state index in [0.29, 0.717) is 16.6 Å². The number of hydrogen-bond acceptors (Lipinski definition) is 5. The van der Waals surface area contributed by atoms with Crippen LogP contribution in [0.3, 0.4) is 0 Å². The molecule has 3 aromatic heterocycles. The molecule has 0 saturated carbocycles. The maximum atomic E-state index is 6.20. The Bertz CT molecular complexity index is 1080. The number of hydrogen-bond donors (Lipinski definition) is 0. The van der Waals surface area contributed by atoms with Crippen molar-refractivity contribution in [3.63, 3.8) is 0 Å². The van der Waals surface area contributed by atoms with Crippen LogP contribution in [-0.2, 0) is 0 Å². The van der Waals surface area contributed by atoms with Crippen LogP contribution in [0.2, 0.25) is 5.02 Å². The third-order valence-electron chi connectivity index (χ3n) is 5.09. The number of piperidine rings is 1. The summed E-state index contributed by atoms with van der Waals surface area (Å²) in [4.78, 5) is 7.25. The van der Waals surface area contributed by atoms with Crippen LogP contribution in [0.15, 0.2) is 41.0 Å². The minimum Gasteiger partial charge on any atom is -0.461 e. The first-order valence-corrected chi connectivity index (χ1v) is 9.22. The number of benzene rings is 1. The summed E-state index contributed by atoms with van der Waals surface area (Å²) in [6.45, 7) is 4.23. The number of rotatable bonds is 2. The van der Waals surface area contributed by atoms with Crippen LogP contribution in [0.5, 0.6) is 0 Å². The van der Waals surface area contributed by atoms with E-state index in [1.807, 2.05) is 34.7 Å². The molecular weight excluding hydrogens is 350 g/mol. The summed E-state index contributed by atoms with van der Waals surface area (Å²) in [5.74, 6) is 2.93. The van der Waals surface area contributed by atoms with Gasteiger partial charge in [0, 0.05) is 23.5 Å². The van der Waals surface area contributed by atoms with Gasteiger partial charge in [0.25, 0.3) is 0 Å². The SMILES string of the molecule is CC1CCN(c2nc3cc(Cl)ccc3c3nnc(-c4ccco4)n23)CC1. The number of nitrogens with zero attached hydrogens (tertiary/aromatic N) is 5. The molecule has 1 fully saturated rings. The second-order valence-corrected chi connectivity index (χ2v) is 7.34. The fourth-order valence-electron chi connectivity index (χ4n) is 3.58. The van der Waals surface area contributed by atoms with Crippen molar-refractivity contribution >= 4 is 34.1 Å². The molecule has 1 saturated heterocycles. The van der Waals surface area contributed by atoms with Gasteiger partial charge in [-0.2, -0.15) is 0 Å². The Labute approximate surface area is 155 Å². The van der Waals surface area contributed by atoms with Crippen LogP contribution in [0, 0.1) is 5.92 Å². The number of halogens is 1. The van der Waals surface area contributed by atoms with Crippen molar-refractivity contribution in [1.82, 2.24) is 19.6 Å². The highest BCUT2D eigenvalue weighted by Crippen LogP contribution is 2.31. The summed E-state index contributed by atoms with van der Waals surface area (Å²) in [7, 11) is 0. The molecule has 1 aromatic carbocycles. The van der Waals surface area contributed by atoms with E-state index in [9.17, 15) is 0 Å². The van der Waals surface area contributed by atoms with E-state index in [2.05, 4.69) is 22.0 Å². The summed E-state index contributed by atoms with van der Waals surface area (Å²) in [6.07, 6.45) is 3.94. The Balaban J connectivity index is 1.80. The van der Waals surface area contributed by atoms with Gasteiger partial charge >= 0.3 is 0 Å². The molecule has 5 rings (SSSR count). The lowest BCUT2D eigenvalue weighted by atomic mass is 10.00. The Morgan fingerprint density at radius 3 is 2.77 bits per heavy atom. The maximum absolute atomic E-state index is 6.20.